The minimum atomic E-state index is -1.09. The molecular weight excluding hydrogens is 396 g/mol. The summed E-state index contributed by atoms with van der Waals surface area (Å²) in [6, 6.07) is 15.8. The molecule has 2 aromatic rings. The Kier molecular flexibility index (Phi) is 7.78. The molecule has 2 N–H and O–H groups in total. The van der Waals surface area contributed by atoms with E-state index >= 15 is 0 Å². The molecule has 7 nitrogen and oxygen atoms in total. The van der Waals surface area contributed by atoms with Gasteiger partial charge < -0.3 is 9.84 Å². The van der Waals surface area contributed by atoms with Crippen LogP contribution in [0.5, 0.6) is 0 Å². The molecule has 7 heteroatoms. The number of carbonyl (C=O) groups is 3. The molecule has 164 valence electrons. The van der Waals surface area contributed by atoms with Crippen molar-refractivity contribution in [1.82, 2.24) is 5.32 Å². The summed E-state index contributed by atoms with van der Waals surface area (Å²) in [6.07, 6.45) is 2.19. The lowest BCUT2D eigenvalue weighted by Crippen LogP contribution is -2.53. The predicted molar refractivity (Wildman–Crippen MR) is 117 cm³/mol. The third-order valence-corrected chi connectivity index (χ3v) is 5.38. The fraction of sp³-hybridized carbons (Fsp3) is 0.375. The molecule has 3 rings (SSSR count). The van der Waals surface area contributed by atoms with Crippen molar-refractivity contribution < 1.29 is 24.2 Å². The van der Waals surface area contributed by atoms with Gasteiger partial charge in [0.05, 0.1) is 12.6 Å². The third kappa shape index (κ3) is 5.92. The van der Waals surface area contributed by atoms with E-state index in [1.165, 1.54) is 4.90 Å². The lowest BCUT2D eigenvalue weighted by molar-refractivity contribution is -0.146. The Morgan fingerprint density at radius 1 is 1.16 bits per heavy atom. The first-order valence-corrected chi connectivity index (χ1v) is 10.6. The van der Waals surface area contributed by atoms with Crippen molar-refractivity contribution in [3.8, 4) is 0 Å². The predicted octanol–water partition coefficient (Wildman–Crippen LogP) is 2.57. The highest BCUT2D eigenvalue weighted by atomic mass is 16.5. The first kappa shape index (κ1) is 22.5. The molecule has 0 fully saturated rings. The first-order chi connectivity index (χ1) is 15.0. The Bertz CT molecular complexity index is 915. The van der Waals surface area contributed by atoms with E-state index in [0.29, 0.717) is 31.4 Å². The van der Waals surface area contributed by atoms with Crippen LogP contribution >= 0.6 is 0 Å². The van der Waals surface area contributed by atoms with E-state index in [-0.39, 0.29) is 12.5 Å². The summed E-state index contributed by atoms with van der Waals surface area (Å²) in [5, 5.41) is 12.5. The summed E-state index contributed by atoms with van der Waals surface area (Å²) < 4.78 is 5.23. The van der Waals surface area contributed by atoms with Crippen LogP contribution in [-0.2, 0) is 32.0 Å². The van der Waals surface area contributed by atoms with E-state index in [1.807, 2.05) is 42.5 Å². The van der Waals surface area contributed by atoms with Gasteiger partial charge in [0, 0.05) is 5.69 Å². The quantitative estimate of drug-likeness (QED) is 0.601. The third-order valence-electron chi connectivity index (χ3n) is 5.38. The second-order valence-corrected chi connectivity index (χ2v) is 7.53. The molecule has 1 aliphatic heterocycles. The van der Waals surface area contributed by atoms with Crippen LogP contribution in [0.2, 0.25) is 0 Å². The molecule has 1 aliphatic rings. The van der Waals surface area contributed by atoms with Gasteiger partial charge in [0.1, 0.15) is 12.6 Å². The lowest BCUT2D eigenvalue weighted by atomic mass is 10.0. The Hall–Kier alpha value is -3.19. The van der Waals surface area contributed by atoms with Crippen molar-refractivity contribution in [2.45, 2.75) is 44.7 Å². The number of carbonyl (C=O) groups excluding carboxylic acids is 2. The minimum absolute atomic E-state index is 0.248. The Balaban J connectivity index is 1.79. The van der Waals surface area contributed by atoms with Gasteiger partial charge >= 0.3 is 11.9 Å². The topological polar surface area (TPSA) is 95.9 Å². The molecule has 1 amide bonds. The fourth-order valence-corrected chi connectivity index (χ4v) is 3.88. The van der Waals surface area contributed by atoms with Crippen LogP contribution in [0.1, 0.15) is 30.9 Å². The summed E-state index contributed by atoms with van der Waals surface area (Å²) in [6.45, 7) is 1.56. The van der Waals surface area contributed by atoms with E-state index in [1.54, 1.807) is 19.1 Å². The van der Waals surface area contributed by atoms with Crippen molar-refractivity contribution in [1.29, 1.82) is 0 Å². The average molecular weight is 424 g/mol. The molecule has 0 aromatic heterocycles. The number of aliphatic carboxylic acids is 1. The van der Waals surface area contributed by atoms with Gasteiger partial charge in [0.15, 0.2) is 0 Å². The molecule has 0 radical (unpaired) electrons. The number of esters is 1. The summed E-state index contributed by atoms with van der Waals surface area (Å²) in [5.74, 6) is -1.84. The van der Waals surface area contributed by atoms with Crippen molar-refractivity contribution in [3.63, 3.8) is 0 Å². The Morgan fingerprint density at radius 2 is 1.87 bits per heavy atom. The molecular formula is C24H28N2O5. The number of nitrogens with zero attached hydrogens (tertiary/aromatic N) is 1. The molecule has 1 heterocycles. The van der Waals surface area contributed by atoms with Gasteiger partial charge in [-0.05, 0) is 49.8 Å². The SMILES string of the molecule is CCOC(=O)C(CCc1ccccc1)N[C@@H]1CCc2ccccc2N(CC(=O)O)C1=O. The number of hydrogen-bond donors (Lipinski definition) is 2. The molecule has 0 saturated carbocycles. The zero-order valence-electron chi connectivity index (χ0n) is 17.6. The van der Waals surface area contributed by atoms with Crippen LogP contribution < -0.4 is 10.2 Å². The fourth-order valence-electron chi connectivity index (χ4n) is 3.88. The van der Waals surface area contributed by atoms with Crippen molar-refractivity contribution in [3.05, 3.63) is 65.7 Å². The highest BCUT2D eigenvalue weighted by Gasteiger charge is 2.34. The van der Waals surface area contributed by atoms with Crippen LogP contribution in [-0.4, -0.2) is 48.2 Å². The van der Waals surface area contributed by atoms with Crippen LogP contribution in [0.15, 0.2) is 54.6 Å². The second kappa shape index (κ2) is 10.7. The molecule has 0 saturated heterocycles. The molecule has 0 aliphatic carbocycles. The monoisotopic (exact) mass is 424 g/mol. The van der Waals surface area contributed by atoms with Crippen LogP contribution in [0.4, 0.5) is 5.69 Å². The molecule has 1 unspecified atom stereocenters. The maximum atomic E-state index is 13.3. The standard InChI is InChI=1S/C24H28N2O5/c1-2-31-24(30)20(14-12-17-8-4-3-5-9-17)25-19-15-13-18-10-6-7-11-21(18)26(23(19)29)16-22(27)28/h3-11,19-20,25H,2,12-16H2,1H3,(H,27,28)/t19-,20?/m1/s1. The maximum absolute atomic E-state index is 13.3. The van der Waals surface area contributed by atoms with E-state index in [0.717, 1.165) is 11.1 Å². The minimum Gasteiger partial charge on any atom is -0.480 e. The van der Waals surface area contributed by atoms with E-state index in [2.05, 4.69) is 5.32 Å². The number of carboxylic acid groups (broad SMARTS) is 1. The summed E-state index contributed by atoms with van der Waals surface area (Å²) >= 11 is 0. The number of benzene rings is 2. The molecule has 2 atom stereocenters. The first-order valence-electron chi connectivity index (χ1n) is 10.6. The largest absolute Gasteiger partial charge is 0.480 e. The van der Waals surface area contributed by atoms with Gasteiger partial charge in [0.2, 0.25) is 5.91 Å². The number of amides is 1. The van der Waals surface area contributed by atoms with E-state index < -0.39 is 30.6 Å². The zero-order valence-corrected chi connectivity index (χ0v) is 17.6. The number of ether oxygens (including phenoxy) is 1. The summed E-state index contributed by atoms with van der Waals surface area (Å²) in [5.41, 5.74) is 2.61. The van der Waals surface area contributed by atoms with Gasteiger partial charge in [-0.3, -0.25) is 24.6 Å². The number of aryl methyl sites for hydroxylation is 2. The summed E-state index contributed by atoms with van der Waals surface area (Å²) in [4.78, 5) is 38.6. The van der Waals surface area contributed by atoms with Crippen LogP contribution in [0.25, 0.3) is 0 Å². The van der Waals surface area contributed by atoms with E-state index in [4.69, 9.17) is 4.74 Å². The number of nitrogens with one attached hydrogen (secondary N) is 1. The van der Waals surface area contributed by atoms with Crippen molar-refractivity contribution in [2.24, 2.45) is 0 Å². The van der Waals surface area contributed by atoms with Crippen molar-refractivity contribution in [2.75, 3.05) is 18.1 Å². The smallest absolute Gasteiger partial charge is 0.323 e. The Labute approximate surface area is 182 Å². The number of para-hydroxylation sites is 1. The van der Waals surface area contributed by atoms with E-state index in [9.17, 15) is 19.5 Å². The number of carboxylic acids is 1. The summed E-state index contributed by atoms with van der Waals surface area (Å²) in [7, 11) is 0. The number of hydrogen-bond acceptors (Lipinski definition) is 5. The molecule has 0 bridgehead atoms. The lowest BCUT2D eigenvalue weighted by Gasteiger charge is -2.27. The highest BCUT2D eigenvalue weighted by Crippen LogP contribution is 2.27. The van der Waals surface area contributed by atoms with Crippen LogP contribution in [0, 0.1) is 0 Å². The zero-order chi connectivity index (χ0) is 22.2. The normalized spacial score (nSPS) is 16.9. The average Bonchev–Trinajstić information content (AvgIpc) is 2.89. The van der Waals surface area contributed by atoms with Gasteiger partial charge in [-0.25, -0.2) is 0 Å². The number of fused-ring (bicyclic) bond motifs is 1. The van der Waals surface area contributed by atoms with Crippen molar-refractivity contribution >= 4 is 23.5 Å². The van der Waals surface area contributed by atoms with Gasteiger partial charge in [-0.1, -0.05) is 48.5 Å². The molecule has 31 heavy (non-hydrogen) atoms. The van der Waals surface area contributed by atoms with Gasteiger partial charge in [0.25, 0.3) is 0 Å². The number of rotatable bonds is 9. The Morgan fingerprint density at radius 3 is 2.58 bits per heavy atom. The second-order valence-electron chi connectivity index (χ2n) is 7.53. The van der Waals surface area contributed by atoms with Gasteiger partial charge in [-0.15, -0.1) is 0 Å². The number of anilines is 1. The highest BCUT2D eigenvalue weighted by molar-refractivity contribution is 6.02. The van der Waals surface area contributed by atoms with Crippen LogP contribution in [0.3, 0.4) is 0 Å². The molecule has 2 aromatic carbocycles. The molecule has 0 spiro atoms. The maximum Gasteiger partial charge on any atom is 0.323 e. The van der Waals surface area contributed by atoms with Gasteiger partial charge in [-0.2, -0.15) is 0 Å².